The molecule has 4 amide bonds. The fourth-order valence-corrected chi connectivity index (χ4v) is 3.07. The van der Waals surface area contributed by atoms with Crippen molar-refractivity contribution in [3.63, 3.8) is 0 Å². The van der Waals surface area contributed by atoms with E-state index >= 15 is 0 Å². The summed E-state index contributed by atoms with van der Waals surface area (Å²) < 4.78 is 5.77. The van der Waals surface area contributed by atoms with Crippen LogP contribution in [0, 0.1) is 5.41 Å². The van der Waals surface area contributed by atoms with Gasteiger partial charge in [0.1, 0.15) is 11.8 Å². The van der Waals surface area contributed by atoms with E-state index in [9.17, 15) is 19.2 Å². The highest BCUT2D eigenvalue weighted by atomic mass is 16.5. The van der Waals surface area contributed by atoms with Gasteiger partial charge in [-0.2, -0.15) is 0 Å². The lowest BCUT2D eigenvalue weighted by atomic mass is 9.93. The average Bonchev–Trinajstić information content (AvgIpc) is 2.79. The molecule has 3 rings (SSSR count). The van der Waals surface area contributed by atoms with E-state index in [1.54, 1.807) is 18.2 Å². The predicted molar refractivity (Wildman–Crippen MR) is 92.7 cm³/mol. The van der Waals surface area contributed by atoms with Gasteiger partial charge in [0, 0.05) is 6.42 Å². The van der Waals surface area contributed by atoms with E-state index in [0.29, 0.717) is 12.4 Å². The minimum Gasteiger partial charge on any atom is -0.493 e. The maximum Gasteiger partial charge on any atom is 0.266 e. The maximum atomic E-state index is 12.9. The Morgan fingerprint density at radius 1 is 1.15 bits per heavy atom. The van der Waals surface area contributed by atoms with E-state index < -0.39 is 29.7 Å². The molecule has 1 fully saturated rings. The molecule has 1 N–H and O–H groups in total. The fourth-order valence-electron chi connectivity index (χ4n) is 3.07. The molecule has 2 heterocycles. The van der Waals surface area contributed by atoms with Crippen LogP contribution >= 0.6 is 0 Å². The third-order valence-corrected chi connectivity index (χ3v) is 4.54. The normalized spacial score (nSPS) is 20.3. The first-order valence-corrected chi connectivity index (χ1v) is 8.66. The summed E-state index contributed by atoms with van der Waals surface area (Å²) in [5.74, 6) is -1.74. The van der Waals surface area contributed by atoms with Crippen LogP contribution < -0.4 is 10.1 Å². The van der Waals surface area contributed by atoms with Gasteiger partial charge >= 0.3 is 0 Å². The third kappa shape index (κ3) is 3.34. The highest BCUT2D eigenvalue weighted by Crippen LogP contribution is 2.34. The number of hydrogen-bond donors (Lipinski definition) is 1. The van der Waals surface area contributed by atoms with Crippen molar-refractivity contribution in [2.75, 3.05) is 6.61 Å². The zero-order valence-corrected chi connectivity index (χ0v) is 15.1. The Hall–Kier alpha value is -2.70. The van der Waals surface area contributed by atoms with Crippen molar-refractivity contribution in [1.29, 1.82) is 0 Å². The first-order valence-electron chi connectivity index (χ1n) is 8.66. The Kier molecular flexibility index (Phi) is 4.56. The number of carbonyl (C=O) groups is 4. The van der Waals surface area contributed by atoms with Crippen LogP contribution in [0.4, 0.5) is 0 Å². The maximum absolute atomic E-state index is 12.9. The van der Waals surface area contributed by atoms with Crippen LogP contribution in [0.25, 0.3) is 0 Å². The average molecular weight is 358 g/mol. The Morgan fingerprint density at radius 2 is 1.88 bits per heavy atom. The fraction of sp³-hybridized carbons (Fsp3) is 0.474. The minimum absolute atomic E-state index is 0.0799. The number of piperidine rings is 1. The molecule has 26 heavy (non-hydrogen) atoms. The van der Waals surface area contributed by atoms with Crippen LogP contribution in [0.5, 0.6) is 5.75 Å². The number of amides is 4. The lowest BCUT2D eigenvalue weighted by molar-refractivity contribution is -0.136. The van der Waals surface area contributed by atoms with Crippen molar-refractivity contribution >= 4 is 23.6 Å². The number of benzene rings is 1. The second-order valence-electron chi connectivity index (χ2n) is 7.79. The largest absolute Gasteiger partial charge is 0.493 e. The number of carbonyl (C=O) groups excluding carboxylic acids is 4. The minimum atomic E-state index is -0.970. The lowest BCUT2D eigenvalue weighted by Gasteiger charge is -2.27. The molecule has 0 saturated carbocycles. The number of ether oxygens (including phenoxy) is 1. The molecule has 2 aliphatic heterocycles. The highest BCUT2D eigenvalue weighted by Gasteiger charge is 2.45. The Morgan fingerprint density at radius 3 is 2.54 bits per heavy atom. The molecule has 1 atom stereocenters. The summed E-state index contributed by atoms with van der Waals surface area (Å²) in [6, 6.07) is 3.89. The predicted octanol–water partition coefficient (Wildman–Crippen LogP) is 1.90. The summed E-state index contributed by atoms with van der Waals surface area (Å²) in [5, 5.41) is 2.18. The van der Waals surface area contributed by atoms with Crippen molar-refractivity contribution in [2.45, 2.75) is 46.1 Å². The number of nitrogens with zero attached hydrogens (tertiary/aromatic N) is 1. The molecular weight excluding hydrogens is 336 g/mol. The summed E-state index contributed by atoms with van der Waals surface area (Å²) in [7, 11) is 0. The zero-order chi connectivity index (χ0) is 19.1. The number of imide groups is 2. The molecule has 0 aromatic heterocycles. The van der Waals surface area contributed by atoms with Gasteiger partial charge in [0.05, 0.1) is 17.7 Å². The van der Waals surface area contributed by atoms with Crippen LogP contribution in [0.15, 0.2) is 18.2 Å². The first kappa shape index (κ1) is 18.1. The number of fused-ring (bicyclic) bond motifs is 1. The molecule has 138 valence electrons. The Balaban J connectivity index is 1.85. The molecule has 7 heteroatoms. The second-order valence-corrected chi connectivity index (χ2v) is 7.79. The van der Waals surface area contributed by atoms with Crippen molar-refractivity contribution in [1.82, 2.24) is 10.2 Å². The van der Waals surface area contributed by atoms with Crippen LogP contribution in [0.2, 0.25) is 0 Å². The van der Waals surface area contributed by atoms with Gasteiger partial charge in [0.15, 0.2) is 0 Å². The second kappa shape index (κ2) is 6.55. The van der Waals surface area contributed by atoms with Gasteiger partial charge in [0.25, 0.3) is 11.8 Å². The molecule has 1 unspecified atom stereocenters. The van der Waals surface area contributed by atoms with Crippen molar-refractivity contribution < 1.29 is 23.9 Å². The lowest BCUT2D eigenvalue weighted by Crippen LogP contribution is -2.54. The quantitative estimate of drug-likeness (QED) is 0.830. The monoisotopic (exact) mass is 358 g/mol. The third-order valence-electron chi connectivity index (χ3n) is 4.54. The van der Waals surface area contributed by atoms with Crippen molar-refractivity contribution in [2.24, 2.45) is 5.41 Å². The van der Waals surface area contributed by atoms with Gasteiger partial charge in [-0.05, 0) is 30.4 Å². The van der Waals surface area contributed by atoms with E-state index in [0.717, 1.165) is 11.3 Å². The van der Waals surface area contributed by atoms with Crippen molar-refractivity contribution in [3.05, 3.63) is 29.3 Å². The standard InChI is InChI=1S/C19H22N2O5/c1-19(2,3)9-10-26-13-6-4-5-11-15(13)18(25)21(17(11)24)12-7-8-14(22)20-16(12)23/h4-6,12H,7-10H2,1-3H3,(H,20,22,23). The van der Waals surface area contributed by atoms with Gasteiger partial charge < -0.3 is 4.74 Å². The van der Waals surface area contributed by atoms with Gasteiger partial charge in [-0.3, -0.25) is 29.4 Å². The number of hydrogen-bond acceptors (Lipinski definition) is 5. The van der Waals surface area contributed by atoms with Crippen LogP contribution in [-0.4, -0.2) is 41.2 Å². The Labute approximate surface area is 151 Å². The van der Waals surface area contributed by atoms with E-state index in [1.807, 2.05) is 0 Å². The molecule has 0 spiro atoms. The van der Waals surface area contributed by atoms with Gasteiger partial charge in [-0.25, -0.2) is 0 Å². The SMILES string of the molecule is CC(C)(C)CCOc1cccc2c1C(=O)N(C1CCC(=O)NC1=O)C2=O. The van der Waals surface area contributed by atoms with Gasteiger partial charge in [-0.15, -0.1) is 0 Å². The van der Waals surface area contributed by atoms with E-state index in [1.165, 1.54) is 0 Å². The summed E-state index contributed by atoms with van der Waals surface area (Å²) in [6.45, 7) is 6.68. The molecule has 1 saturated heterocycles. The molecule has 1 aromatic rings. The zero-order valence-electron chi connectivity index (χ0n) is 15.1. The van der Waals surface area contributed by atoms with E-state index in [4.69, 9.17) is 4.74 Å². The summed E-state index contributed by atoms with van der Waals surface area (Å²) in [6.07, 6.45) is 1.02. The molecule has 0 bridgehead atoms. The highest BCUT2D eigenvalue weighted by molar-refractivity contribution is 6.24. The molecule has 1 aromatic carbocycles. The first-order chi connectivity index (χ1) is 12.2. The number of rotatable bonds is 4. The summed E-state index contributed by atoms with van der Waals surface area (Å²) in [4.78, 5) is 49.9. The Bertz CT molecular complexity index is 794. The van der Waals surface area contributed by atoms with Crippen molar-refractivity contribution in [3.8, 4) is 5.75 Å². The van der Waals surface area contributed by atoms with Gasteiger partial charge in [-0.1, -0.05) is 26.8 Å². The molecule has 7 nitrogen and oxygen atoms in total. The smallest absolute Gasteiger partial charge is 0.266 e. The summed E-state index contributed by atoms with van der Waals surface area (Å²) in [5.41, 5.74) is 0.500. The summed E-state index contributed by atoms with van der Waals surface area (Å²) >= 11 is 0. The molecule has 2 aliphatic rings. The van der Waals surface area contributed by atoms with Crippen LogP contribution in [-0.2, 0) is 9.59 Å². The van der Waals surface area contributed by atoms with Gasteiger partial charge in [0.2, 0.25) is 11.8 Å². The molecule has 0 radical (unpaired) electrons. The number of nitrogens with one attached hydrogen (secondary N) is 1. The molecule has 0 aliphatic carbocycles. The molecular formula is C19H22N2O5. The topological polar surface area (TPSA) is 92.8 Å². The van der Waals surface area contributed by atoms with Crippen LogP contribution in [0.1, 0.15) is 60.7 Å². The van der Waals surface area contributed by atoms with E-state index in [2.05, 4.69) is 26.1 Å². The van der Waals surface area contributed by atoms with Crippen LogP contribution in [0.3, 0.4) is 0 Å². The van der Waals surface area contributed by atoms with E-state index in [-0.39, 0.29) is 29.4 Å².